The summed E-state index contributed by atoms with van der Waals surface area (Å²) in [6.45, 7) is 1.44. The summed E-state index contributed by atoms with van der Waals surface area (Å²) in [6.07, 6.45) is 13.8. The molecule has 1 atom stereocenters. The first kappa shape index (κ1) is 19.6. The van der Waals surface area contributed by atoms with Gasteiger partial charge in [-0.15, -0.1) is 0 Å². The molecule has 4 rings (SSSR count). The van der Waals surface area contributed by atoms with Crippen molar-refractivity contribution in [3.05, 3.63) is 23.8 Å². The summed E-state index contributed by atoms with van der Waals surface area (Å²) in [5.74, 6) is 0.115. The van der Waals surface area contributed by atoms with Crippen LogP contribution in [0.4, 0.5) is 11.4 Å². The van der Waals surface area contributed by atoms with E-state index in [0.29, 0.717) is 18.6 Å². The number of nitrogens with two attached hydrogens (primary N) is 1. The van der Waals surface area contributed by atoms with Gasteiger partial charge in [0, 0.05) is 36.8 Å². The van der Waals surface area contributed by atoms with Crippen LogP contribution in [0.15, 0.2) is 18.2 Å². The predicted molar refractivity (Wildman–Crippen MR) is 116 cm³/mol. The van der Waals surface area contributed by atoms with E-state index >= 15 is 0 Å². The Kier molecular flexibility index (Phi) is 6.40. The topological polar surface area (TPSA) is 70.4 Å². The number of carbonyl (C=O) groups is 1. The zero-order valence-corrected chi connectivity index (χ0v) is 17.1. The number of amides is 1. The van der Waals surface area contributed by atoms with Crippen LogP contribution in [-0.4, -0.2) is 42.0 Å². The molecule has 0 spiro atoms. The van der Waals surface area contributed by atoms with Gasteiger partial charge in [0.15, 0.2) is 0 Å². The summed E-state index contributed by atoms with van der Waals surface area (Å²) >= 11 is 0. The van der Waals surface area contributed by atoms with Crippen LogP contribution < -0.4 is 16.4 Å². The Morgan fingerprint density at radius 3 is 2.04 bits per heavy atom. The van der Waals surface area contributed by atoms with Crippen molar-refractivity contribution in [1.82, 2.24) is 4.90 Å². The molecular weight excluding hydrogens is 348 g/mol. The van der Waals surface area contributed by atoms with Gasteiger partial charge in [-0.1, -0.05) is 38.5 Å². The molecule has 1 heterocycles. The molecule has 28 heavy (non-hydrogen) atoms. The normalized spacial score (nSPS) is 24.3. The minimum Gasteiger partial charge on any atom is -0.381 e. The second kappa shape index (κ2) is 9.17. The smallest absolute Gasteiger partial charge is 0.253 e. The number of likely N-dealkylation sites (tertiary alicyclic amines) is 1. The fourth-order valence-electron chi connectivity index (χ4n) is 5.01. The molecule has 2 saturated carbocycles. The average Bonchev–Trinajstić information content (AvgIpc) is 3.17. The van der Waals surface area contributed by atoms with Gasteiger partial charge in [-0.05, 0) is 50.3 Å². The molecule has 1 aromatic carbocycles. The van der Waals surface area contributed by atoms with Gasteiger partial charge in [0.2, 0.25) is 0 Å². The highest BCUT2D eigenvalue weighted by Crippen LogP contribution is 2.31. The number of hydrogen-bond donors (Lipinski definition) is 3. The third-order valence-electron chi connectivity index (χ3n) is 6.71. The highest BCUT2D eigenvalue weighted by molar-refractivity contribution is 5.96. The maximum atomic E-state index is 13.0. The van der Waals surface area contributed by atoms with Crippen molar-refractivity contribution in [1.29, 1.82) is 0 Å². The van der Waals surface area contributed by atoms with E-state index in [-0.39, 0.29) is 11.9 Å². The molecule has 3 fully saturated rings. The lowest BCUT2D eigenvalue weighted by Crippen LogP contribution is -2.32. The van der Waals surface area contributed by atoms with Crippen molar-refractivity contribution in [2.45, 2.75) is 88.8 Å². The number of nitrogens with one attached hydrogen (secondary N) is 2. The first-order valence-corrected chi connectivity index (χ1v) is 11.4. The van der Waals surface area contributed by atoms with E-state index in [1.807, 2.05) is 11.0 Å². The fraction of sp³-hybridized carbons (Fsp3) is 0.696. The van der Waals surface area contributed by atoms with E-state index in [9.17, 15) is 4.79 Å². The number of benzene rings is 1. The Morgan fingerprint density at radius 1 is 0.857 bits per heavy atom. The van der Waals surface area contributed by atoms with Crippen LogP contribution in [0.1, 0.15) is 81.0 Å². The van der Waals surface area contributed by atoms with Gasteiger partial charge in [0.1, 0.15) is 0 Å². The molecule has 2 aliphatic carbocycles. The number of hydrogen-bond acceptors (Lipinski definition) is 4. The number of nitrogens with zero attached hydrogens (tertiary/aromatic N) is 1. The van der Waals surface area contributed by atoms with Crippen LogP contribution in [0, 0.1) is 0 Å². The van der Waals surface area contributed by atoms with E-state index < -0.39 is 0 Å². The molecule has 0 radical (unpaired) electrons. The van der Waals surface area contributed by atoms with E-state index in [2.05, 4.69) is 22.8 Å². The van der Waals surface area contributed by atoms with Gasteiger partial charge in [-0.25, -0.2) is 0 Å². The monoisotopic (exact) mass is 384 g/mol. The first-order chi connectivity index (χ1) is 13.7. The summed E-state index contributed by atoms with van der Waals surface area (Å²) in [5.41, 5.74) is 9.05. The van der Waals surface area contributed by atoms with Crippen LogP contribution in [0.2, 0.25) is 0 Å². The van der Waals surface area contributed by atoms with Crippen LogP contribution in [0.5, 0.6) is 0 Å². The average molecular weight is 385 g/mol. The summed E-state index contributed by atoms with van der Waals surface area (Å²) in [6, 6.07) is 7.37. The Bertz CT molecular complexity index is 665. The summed E-state index contributed by atoms with van der Waals surface area (Å²) in [4.78, 5) is 14.9. The molecule has 5 heteroatoms. The number of carbonyl (C=O) groups excluding carboxylic acids is 1. The predicted octanol–water partition coefficient (Wildman–Crippen LogP) is 4.35. The van der Waals surface area contributed by atoms with E-state index in [1.54, 1.807) is 0 Å². The fourth-order valence-corrected chi connectivity index (χ4v) is 5.01. The van der Waals surface area contributed by atoms with Gasteiger partial charge in [0.25, 0.3) is 5.91 Å². The Morgan fingerprint density at radius 2 is 1.46 bits per heavy atom. The van der Waals surface area contributed by atoms with Crippen molar-refractivity contribution in [2.24, 2.45) is 5.73 Å². The van der Waals surface area contributed by atoms with Gasteiger partial charge in [0.05, 0.1) is 11.4 Å². The molecule has 4 N–H and O–H groups in total. The zero-order chi connectivity index (χ0) is 19.3. The van der Waals surface area contributed by atoms with E-state index in [1.165, 1.54) is 64.2 Å². The van der Waals surface area contributed by atoms with Gasteiger partial charge >= 0.3 is 0 Å². The molecule has 0 bridgehead atoms. The van der Waals surface area contributed by atoms with Gasteiger partial charge in [-0.2, -0.15) is 0 Å². The molecule has 1 unspecified atom stereocenters. The minimum absolute atomic E-state index is 0.115. The van der Waals surface area contributed by atoms with Crippen molar-refractivity contribution >= 4 is 17.3 Å². The van der Waals surface area contributed by atoms with Crippen LogP contribution in [0.25, 0.3) is 0 Å². The summed E-state index contributed by atoms with van der Waals surface area (Å²) < 4.78 is 0. The number of anilines is 2. The van der Waals surface area contributed by atoms with Gasteiger partial charge in [-0.3, -0.25) is 4.79 Å². The van der Waals surface area contributed by atoms with Crippen molar-refractivity contribution in [2.75, 3.05) is 23.7 Å². The maximum absolute atomic E-state index is 13.0. The zero-order valence-electron chi connectivity index (χ0n) is 17.1. The third-order valence-corrected chi connectivity index (χ3v) is 6.71. The highest BCUT2D eigenvalue weighted by atomic mass is 16.2. The second-order valence-electron chi connectivity index (χ2n) is 9.02. The SMILES string of the molecule is NC1CCN(C(=O)c2ccc(NC3CCCCC3)c(NC3CCCCC3)c2)C1. The molecule has 1 saturated heterocycles. The standard InChI is InChI=1S/C23H36N4O/c24-18-13-14-27(16-18)23(28)17-11-12-21(25-19-7-3-1-4-8-19)22(15-17)26-20-9-5-2-6-10-20/h11-12,15,18-20,25-26H,1-10,13-14,16,24H2. The summed E-state index contributed by atoms with van der Waals surface area (Å²) in [5, 5.41) is 7.55. The minimum atomic E-state index is 0.115. The maximum Gasteiger partial charge on any atom is 0.253 e. The largest absolute Gasteiger partial charge is 0.381 e. The molecule has 1 aliphatic heterocycles. The number of rotatable bonds is 5. The second-order valence-corrected chi connectivity index (χ2v) is 9.02. The van der Waals surface area contributed by atoms with Crippen molar-refractivity contribution < 1.29 is 4.79 Å². The Balaban J connectivity index is 1.53. The third kappa shape index (κ3) is 4.80. The van der Waals surface area contributed by atoms with Crippen molar-refractivity contribution in [3.63, 3.8) is 0 Å². The molecule has 5 nitrogen and oxygen atoms in total. The van der Waals surface area contributed by atoms with Gasteiger partial charge < -0.3 is 21.3 Å². The Hall–Kier alpha value is -1.75. The van der Waals surface area contributed by atoms with Crippen molar-refractivity contribution in [3.8, 4) is 0 Å². The lowest BCUT2D eigenvalue weighted by Gasteiger charge is -2.29. The van der Waals surface area contributed by atoms with Crippen LogP contribution in [-0.2, 0) is 0 Å². The highest BCUT2D eigenvalue weighted by Gasteiger charge is 2.26. The summed E-state index contributed by atoms with van der Waals surface area (Å²) in [7, 11) is 0. The molecule has 3 aliphatic rings. The molecule has 154 valence electrons. The lowest BCUT2D eigenvalue weighted by atomic mass is 9.94. The quantitative estimate of drug-likeness (QED) is 0.706. The van der Waals surface area contributed by atoms with E-state index in [4.69, 9.17) is 5.73 Å². The molecular formula is C23H36N4O. The lowest BCUT2D eigenvalue weighted by molar-refractivity contribution is 0.0791. The van der Waals surface area contributed by atoms with Crippen LogP contribution >= 0.6 is 0 Å². The van der Waals surface area contributed by atoms with Crippen LogP contribution in [0.3, 0.4) is 0 Å². The first-order valence-electron chi connectivity index (χ1n) is 11.4. The molecule has 1 amide bonds. The molecule has 0 aromatic heterocycles. The molecule has 1 aromatic rings. The Labute approximate surface area is 169 Å². The van der Waals surface area contributed by atoms with E-state index in [0.717, 1.165) is 29.9 Å².